The van der Waals surface area contributed by atoms with Gasteiger partial charge in [-0.15, -0.1) is 11.3 Å². The topological polar surface area (TPSA) is 39.6 Å². The Balaban J connectivity index is 1.22. The van der Waals surface area contributed by atoms with Gasteiger partial charge in [-0.3, -0.25) is 9.80 Å². The van der Waals surface area contributed by atoms with Crippen molar-refractivity contribution in [3.05, 3.63) is 40.5 Å². The first-order valence-corrected chi connectivity index (χ1v) is 11.4. The van der Waals surface area contributed by atoms with E-state index >= 15 is 0 Å². The number of fused-ring (bicyclic) bond motifs is 1. The van der Waals surface area contributed by atoms with E-state index in [9.17, 15) is 9.50 Å². The summed E-state index contributed by atoms with van der Waals surface area (Å²) in [5.41, 5.74) is 1.90. The standard InChI is InChI=1S/C22H28FN3OS/c23-18-5-3-15(4-6-18)19-14-28-22(24-19)13-25-11-16-9-20(26-7-1-2-8-26)21(27)10-17(16)12-25/h3-6,14,16-17,20-21,27H,1-2,7-13H2/t16-,17+,20-,21-/m1/s1. The Morgan fingerprint density at radius 3 is 2.54 bits per heavy atom. The SMILES string of the molecule is O[C@@H]1C[C@H]2CN(Cc3nc(-c4ccc(F)cc4)cs3)C[C@H]2C[C@H]1N1CCCC1. The molecular formula is C22H28FN3OS. The third-order valence-corrected chi connectivity index (χ3v) is 7.68. The molecule has 3 fully saturated rings. The van der Waals surface area contributed by atoms with Crippen LogP contribution in [0.25, 0.3) is 11.3 Å². The van der Waals surface area contributed by atoms with E-state index in [0.717, 1.165) is 61.8 Å². The molecule has 0 spiro atoms. The number of hydrogen-bond acceptors (Lipinski definition) is 5. The quantitative estimate of drug-likeness (QED) is 0.850. The Morgan fingerprint density at radius 2 is 1.79 bits per heavy atom. The van der Waals surface area contributed by atoms with E-state index in [4.69, 9.17) is 4.98 Å². The largest absolute Gasteiger partial charge is 0.391 e. The fourth-order valence-corrected chi connectivity index (χ4v) is 6.27. The van der Waals surface area contributed by atoms with E-state index in [1.807, 2.05) is 0 Å². The maximum absolute atomic E-state index is 13.1. The molecule has 1 N–H and O–H groups in total. The Labute approximate surface area is 170 Å². The number of hydrogen-bond donors (Lipinski definition) is 1. The van der Waals surface area contributed by atoms with Crippen LogP contribution in [-0.4, -0.2) is 58.2 Å². The van der Waals surface area contributed by atoms with Gasteiger partial charge in [0.25, 0.3) is 0 Å². The van der Waals surface area contributed by atoms with E-state index in [-0.39, 0.29) is 11.9 Å². The van der Waals surface area contributed by atoms with Gasteiger partial charge in [-0.05, 0) is 74.9 Å². The summed E-state index contributed by atoms with van der Waals surface area (Å²) in [4.78, 5) is 9.82. The summed E-state index contributed by atoms with van der Waals surface area (Å²) in [5.74, 6) is 1.10. The zero-order valence-electron chi connectivity index (χ0n) is 16.1. The summed E-state index contributed by atoms with van der Waals surface area (Å²) < 4.78 is 13.1. The minimum atomic E-state index is -0.215. The van der Waals surface area contributed by atoms with Crippen molar-refractivity contribution in [3.8, 4) is 11.3 Å². The number of nitrogens with zero attached hydrogens (tertiary/aromatic N) is 3. The summed E-state index contributed by atoms with van der Waals surface area (Å²) in [6.07, 6.45) is 4.49. The van der Waals surface area contributed by atoms with Crippen LogP contribution in [0.15, 0.2) is 29.6 Å². The van der Waals surface area contributed by atoms with Crippen LogP contribution in [0.1, 0.15) is 30.7 Å². The molecule has 6 heteroatoms. The van der Waals surface area contributed by atoms with Gasteiger partial charge in [0.15, 0.2) is 0 Å². The molecule has 1 aromatic heterocycles. The molecule has 2 aromatic rings. The average Bonchev–Trinajstić information content (AvgIpc) is 3.42. The van der Waals surface area contributed by atoms with E-state index < -0.39 is 0 Å². The summed E-state index contributed by atoms with van der Waals surface area (Å²) >= 11 is 1.69. The smallest absolute Gasteiger partial charge is 0.123 e. The number of thiazole rings is 1. The fourth-order valence-electron chi connectivity index (χ4n) is 5.43. The highest BCUT2D eigenvalue weighted by molar-refractivity contribution is 7.09. The number of aliphatic hydroxyl groups is 1. The molecule has 3 aliphatic rings. The van der Waals surface area contributed by atoms with Gasteiger partial charge >= 0.3 is 0 Å². The van der Waals surface area contributed by atoms with Crippen LogP contribution >= 0.6 is 11.3 Å². The van der Waals surface area contributed by atoms with E-state index in [2.05, 4.69) is 15.2 Å². The second-order valence-electron chi connectivity index (χ2n) is 8.70. The van der Waals surface area contributed by atoms with Gasteiger partial charge in [-0.25, -0.2) is 9.37 Å². The molecule has 0 amide bonds. The van der Waals surface area contributed by atoms with Gasteiger partial charge in [0, 0.05) is 30.1 Å². The van der Waals surface area contributed by atoms with Crippen LogP contribution in [0, 0.1) is 17.7 Å². The van der Waals surface area contributed by atoms with Crippen molar-refractivity contribution in [1.29, 1.82) is 0 Å². The first kappa shape index (κ1) is 18.7. The summed E-state index contributed by atoms with van der Waals surface area (Å²) in [5, 5.41) is 13.9. The van der Waals surface area contributed by atoms with Crippen LogP contribution in [-0.2, 0) is 6.54 Å². The molecule has 1 aromatic carbocycles. The predicted octanol–water partition coefficient (Wildman–Crippen LogP) is 3.62. The van der Waals surface area contributed by atoms with Crippen molar-refractivity contribution in [3.63, 3.8) is 0 Å². The highest BCUT2D eigenvalue weighted by atomic mass is 32.1. The molecule has 0 bridgehead atoms. The molecule has 1 saturated carbocycles. The van der Waals surface area contributed by atoms with Gasteiger partial charge in [-0.1, -0.05) is 0 Å². The van der Waals surface area contributed by atoms with Crippen LogP contribution in [0.2, 0.25) is 0 Å². The summed E-state index contributed by atoms with van der Waals surface area (Å²) in [6.45, 7) is 5.39. The Hall–Kier alpha value is -1.34. The Morgan fingerprint density at radius 1 is 1.07 bits per heavy atom. The van der Waals surface area contributed by atoms with Gasteiger partial charge < -0.3 is 5.11 Å². The van der Waals surface area contributed by atoms with E-state index in [1.54, 1.807) is 23.5 Å². The molecule has 2 aliphatic heterocycles. The number of likely N-dealkylation sites (tertiary alicyclic amines) is 2. The Kier molecular flexibility index (Phi) is 5.22. The van der Waals surface area contributed by atoms with E-state index in [0.29, 0.717) is 17.9 Å². The first-order valence-electron chi connectivity index (χ1n) is 10.5. The van der Waals surface area contributed by atoms with Crippen LogP contribution < -0.4 is 0 Å². The number of halogens is 1. The van der Waals surface area contributed by atoms with Gasteiger partial charge in [0.05, 0.1) is 18.3 Å². The van der Waals surface area contributed by atoms with Crippen molar-refractivity contribution in [2.24, 2.45) is 11.8 Å². The van der Waals surface area contributed by atoms with E-state index in [1.165, 1.54) is 25.0 Å². The van der Waals surface area contributed by atoms with Gasteiger partial charge in [0.2, 0.25) is 0 Å². The lowest BCUT2D eigenvalue weighted by Crippen LogP contribution is -2.48. The average molecular weight is 402 g/mol. The van der Waals surface area contributed by atoms with Crippen molar-refractivity contribution in [2.45, 2.75) is 44.4 Å². The molecule has 4 atom stereocenters. The second kappa shape index (κ2) is 7.82. The van der Waals surface area contributed by atoms with Gasteiger partial charge in [0.1, 0.15) is 10.8 Å². The molecule has 1 aliphatic carbocycles. The van der Waals surface area contributed by atoms with Crippen LogP contribution in [0.3, 0.4) is 0 Å². The lowest BCUT2D eigenvalue weighted by Gasteiger charge is -2.40. The lowest BCUT2D eigenvalue weighted by molar-refractivity contribution is -0.000861. The van der Waals surface area contributed by atoms with Gasteiger partial charge in [-0.2, -0.15) is 0 Å². The Bertz CT molecular complexity index is 804. The molecule has 150 valence electrons. The molecule has 3 heterocycles. The van der Waals surface area contributed by atoms with Crippen molar-refractivity contribution in [1.82, 2.24) is 14.8 Å². The lowest BCUT2D eigenvalue weighted by atomic mass is 9.77. The number of rotatable bonds is 4. The minimum Gasteiger partial charge on any atom is -0.391 e. The molecular weight excluding hydrogens is 373 g/mol. The normalized spacial score (nSPS) is 31.4. The zero-order valence-corrected chi connectivity index (χ0v) is 17.0. The minimum absolute atomic E-state index is 0.163. The molecule has 5 rings (SSSR count). The predicted molar refractivity (Wildman–Crippen MR) is 110 cm³/mol. The highest BCUT2D eigenvalue weighted by Crippen LogP contribution is 2.39. The molecule has 4 nitrogen and oxygen atoms in total. The van der Waals surface area contributed by atoms with Crippen molar-refractivity contribution < 1.29 is 9.50 Å². The molecule has 0 unspecified atom stereocenters. The van der Waals surface area contributed by atoms with Crippen LogP contribution in [0.4, 0.5) is 4.39 Å². The zero-order chi connectivity index (χ0) is 19.1. The second-order valence-corrected chi connectivity index (χ2v) is 9.64. The molecule has 2 saturated heterocycles. The fraction of sp³-hybridized carbons (Fsp3) is 0.591. The maximum Gasteiger partial charge on any atom is 0.123 e. The molecule has 28 heavy (non-hydrogen) atoms. The third-order valence-electron chi connectivity index (χ3n) is 6.84. The maximum atomic E-state index is 13.1. The third kappa shape index (κ3) is 3.75. The number of benzene rings is 1. The summed E-state index contributed by atoms with van der Waals surface area (Å²) in [7, 11) is 0. The van der Waals surface area contributed by atoms with Crippen molar-refractivity contribution >= 4 is 11.3 Å². The number of aliphatic hydroxyl groups excluding tert-OH is 1. The number of aromatic nitrogens is 1. The molecule has 0 radical (unpaired) electrons. The van der Waals surface area contributed by atoms with Crippen molar-refractivity contribution in [2.75, 3.05) is 26.2 Å². The summed E-state index contributed by atoms with van der Waals surface area (Å²) in [6, 6.07) is 6.92. The monoisotopic (exact) mass is 401 g/mol. The van der Waals surface area contributed by atoms with Crippen LogP contribution in [0.5, 0.6) is 0 Å². The first-order chi connectivity index (χ1) is 13.7. The highest BCUT2D eigenvalue weighted by Gasteiger charge is 2.43.